The molecule has 0 aromatic heterocycles. The minimum Gasteiger partial charge on any atom is -0.455 e. The van der Waals surface area contributed by atoms with Crippen molar-refractivity contribution in [3.63, 3.8) is 0 Å². The Bertz CT molecular complexity index is 1260. The van der Waals surface area contributed by atoms with E-state index in [0.29, 0.717) is 0 Å². The van der Waals surface area contributed by atoms with Crippen molar-refractivity contribution in [2.24, 2.45) is 11.7 Å². The van der Waals surface area contributed by atoms with Crippen molar-refractivity contribution in [3.05, 3.63) is 24.7 Å². The lowest BCUT2D eigenvalue weighted by Gasteiger charge is -2.38. The molecule has 18 nitrogen and oxygen atoms in total. The Morgan fingerprint density at radius 2 is 1.71 bits per heavy atom. The van der Waals surface area contributed by atoms with Crippen LogP contribution in [0.4, 0.5) is 14.0 Å². The summed E-state index contributed by atoms with van der Waals surface area (Å²) < 4.78 is 75.6. The minimum absolute atomic E-state index is 0.0886. The molecule has 48 heavy (non-hydrogen) atoms. The molecule has 1 fully saturated rings. The minimum atomic E-state index is -5.04. The number of hydrogen-bond acceptors (Lipinski definition) is 17. The smallest absolute Gasteiger partial charge is 0.455 e. The van der Waals surface area contributed by atoms with Gasteiger partial charge >= 0.3 is 26.1 Å². The van der Waals surface area contributed by atoms with Crippen molar-refractivity contribution < 1.29 is 75.2 Å². The molecule has 0 aromatic carbocycles. The van der Waals surface area contributed by atoms with Gasteiger partial charge in [0.1, 0.15) is 24.1 Å². The summed E-state index contributed by atoms with van der Waals surface area (Å²) in [5.41, 5.74) is 1.21. The van der Waals surface area contributed by atoms with E-state index >= 15 is 4.39 Å². The second kappa shape index (κ2) is 16.9. The van der Waals surface area contributed by atoms with Crippen LogP contribution in [0.5, 0.6) is 0 Å². The lowest BCUT2D eigenvalue weighted by molar-refractivity contribution is -0.178. The van der Waals surface area contributed by atoms with Gasteiger partial charge in [-0.25, -0.2) is 27.6 Å². The zero-order valence-electron chi connectivity index (χ0n) is 28.0. The number of amides is 1. The molecule has 1 amide bonds. The van der Waals surface area contributed by atoms with Crippen LogP contribution in [-0.4, -0.2) is 102 Å². The molecular weight excluding hydrogens is 668 g/mol. The fourth-order valence-corrected chi connectivity index (χ4v) is 5.43. The molecule has 2 aliphatic heterocycles. The second-order valence-corrected chi connectivity index (χ2v) is 13.5. The van der Waals surface area contributed by atoms with Crippen LogP contribution in [0, 0.1) is 5.92 Å². The molecule has 0 bridgehead atoms. The quantitative estimate of drug-likeness (QED) is 0.0903. The molecule has 0 radical (unpaired) electrons. The van der Waals surface area contributed by atoms with Gasteiger partial charge < -0.3 is 49.5 Å². The highest BCUT2D eigenvalue weighted by Crippen LogP contribution is 2.53. The van der Waals surface area contributed by atoms with Crippen LogP contribution in [0.1, 0.15) is 55.4 Å². The van der Waals surface area contributed by atoms with Crippen molar-refractivity contribution in [3.8, 4) is 0 Å². The number of carbonyl (C=O) groups is 4. The van der Waals surface area contributed by atoms with E-state index in [0.717, 1.165) is 24.8 Å². The van der Waals surface area contributed by atoms with Crippen LogP contribution in [0.25, 0.3) is 0 Å². The first-order valence-corrected chi connectivity index (χ1v) is 16.3. The van der Waals surface area contributed by atoms with Crippen LogP contribution < -0.4 is 11.1 Å². The third kappa shape index (κ3) is 10.8. The molecule has 7 atom stereocenters. The molecular formula is C28H45FN3O15P. The highest BCUT2D eigenvalue weighted by molar-refractivity contribution is 7.48. The molecule has 0 aliphatic carbocycles. The van der Waals surface area contributed by atoms with Gasteiger partial charge in [-0.05, 0) is 47.5 Å². The average molecular weight is 714 g/mol. The fraction of sp³-hybridized carbons (Fsp3) is 0.714. The number of phosphoric acid groups is 1. The van der Waals surface area contributed by atoms with Crippen LogP contribution in [0.2, 0.25) is 0 Å². The molecule has 0 spiro atoms. The molecule has 2 rings (SSSR count). The van der Waals surface area contributed by atoms with Gasteiger partial charge in [-0.2, -0.15) is 0 Å². The van der Waals surface area contributed by atoms with E-state index in [2.05, 4.69) is 11.9 Å². The average Bonchev–Trinajstić information content (AvgIpc) is 3.16. The van der Waals surface area contributed by atoms with E-state index in [1.54, 1.807) is 13.8 Å². The van der Waals surface area contributed by atoms with Crippen molar-refractivity contribution in [1.82, 2.24) is 10.2 Å². The zero-order valence-corrected chi connectivity index (χ0v) is 28.9. The Morgan fingerprint density at radius 1 is 1.10 bits per heavy atom. The Morgan fingerprint density at radius 3 is 2.25 bits per heavy atom. The maximum atomic E-state index is 15.3. The zero-order chi connectivity index (χ0) is 36.6. The van der Waals surface area contributed by atoms with Crippen molar-refractivity contribution >= 4 is 32.0 Å². The van der Waals surface area contributed by atoms with Crippen LogP contribution in [0.15, 0.2) is 24.7 Å². The van der Waals surface area contributed by atoms with Gasteiger partial charge in [0, 0.05) is 12.3 Å². The summed E-state index contributed by atoms with van der Waals surface area (Å²) >= 11 is 0. The number of nitrogens with one attached hydrogen (secondary N) is 1. The molecule has 0 saturated carbocycles. The summed E-state index contributed by atoms with van der Waals surface area (Å²) in [4.78, 5) is 49.8. The van der Waals surface area contributed by atoms with Gasteiger partial charge in [-0.1, -0.05) is 20.4 Å². The summed E-state index contributed by atoms with van der Waals surface area (Å²) in [6.45, 7) is 11.6. The number of nitrogens with two attached hydrogens (primary N) is 1. The van der Waals surface area contributed by atoms with Gasteiger partial charge in [0.2, 0.25) is 13.1 Å². The van der Waals surface area contributed by atoms with E-state index in [4.69, 9.17) is 47.7 Å². The summed E-state index contributed by atoms with van der Waals surface area (Å²) in [5, 5.41) is 14.1. The lowest BCUT2D eigenvalue weighted by atomic mass is 9.87. The highest BCUT2D eigenvalue weighted by Gasteiger charge is 2.66. The predicted octanol–water partition coefficient (Wildman–Crippen LogP) is 2.70. The second-order valence-electron chi connectivity index (χ2n) is 11.9. The molecule has 2 aliphatic rings. The third-order valence-corrected chi connectivity index (χ3v) is 8.00. The number of hydrogen-bond donors (Lipinski definition) is 3. The molecule has 3 unspecified atom stereocenters. The fourth-order valence-electron chi connectivity index (χ4n) is 4.26. The van der Waals surface area contributed by atoms with E-state index < -0.39 is 106 Å². The number of halogens is 1. The van der Waals surface area contributed by atoms with Gasteiger partial charge in [-0.15, -0.1) is 0 Å². The topological polar surface area (TPSA) is 230 Å². The SMILES string of the molecule is C=C1NC(=O)C=CN1[C@@H]1O[C@](CF)(COP(=O)(OCOC(=O)OC(C)C)OC(C)OC(=O)OC(C)C)[C@@H](OC(=O)C(N)C(C)C)[C@@]1(C)O. The molecule has 2 heterocycles. The largest absolute Gasteiger partial charge is 0.510 e. The summed E-state index contributed by atoms with van der Waals surface area (Å²) in [6, 6.07) is -1.22. The number of nitrogens with zero attached hydrogens (tertiary/aromatic N) is 1. The van der Waals surface area contributed by atoms with Crippen LogP contribution in [-0.2, 0) is 56.1 Å². The number of esters is 1. The van der Waals surface area contributed by atoms with Gasteiger partial charge in [0.05, 0.1) is 18.8 Å². The lowest BCUT2D eigenvalue weighted by Crippen LogP contribution is -2.58. The monoisotopic (exact) mass is 713 g/mol. The number of rotatable bonds is 16. The Kier molecular flexibility index (Phi) is 14.4. The van der Waals surface area contributed by atoms with Crippen molar-refractivity contribution in [2.75, 3.05) is 20.1 Å². The first-order valence-electron chi connectivity index (χ1n) is 14.8. The molecule has 0 aromatic rings. The number of alkyl halides is 1. The maximum Gasteiger partial charge on any atom is 0.510 e. The number of phosphoric ester groups is 1. The van der Waals surface area contributed by atoms with E-state index in [1.165, 1.54) is 33.9 Å². The molecule has 4 N–H and O–H groups in total. The number of carbonyl (C=O) groups excluding carboxylic acids is 4. The van der Waals surface area contributed by atoms with Crippen LogP contribution >= 0.6 is 7.82 Å². The van der Waals surface area contributed by atoms with Crippen molar-refractivity contribution in [1.29, 1.82) is 0 Å². The molecule has 20 heteroatoms. The summed E-state index contributed by atoms with van der Waals surface area (Å²) in [7, 11) is -5.04. The van der Waals surface area contributed by atoms with E-state index in [9.17, 15) is 28.8 Å². The van der Waals surface area contributed by atoms with Gasteiger partial charge in [-0.3, -0.25) is 14.1 Å². The normalized spacial score (nSPS) is 26.6. The predicted molar refractivity (Wildman–Crippen MR) is 161 cm³/mol. The molecule has 274 valence electrons. The number of ether oxygens (including phenoxy) is 6. The highest BCUT2D eigenvalue weighted by atomic mass is 31.2. The summed E-state index contributed by atoms with van der Waals surface area (Å²) in [5.74, 6) is -2.13. The Balaban J connectivity index is 2.47. The summed E-state index contributed by atoms with van der Waals surface area (Å²) in [6.07, 6.45) is -6.54. The van der Waals surface area contributed by atoms with Crippen molar-refractivity contribution in [2.45, 2.75) is 103 Å². The van der Waals surface area contributed by atoms with Gasteiger partial charge in [0.15, 0.2) is 17.9 Å². The number of aliphatic hydroxyl groups is 1. The standard InChI is InChI=1S/C28H45FN3O15P/c1-15(2)21(30)22(34)45-23-27(9,37)24(32-11-10-20(33)31-18(32)7)46-28(23,12-29)13-40-48(38,41-14-39-25(35)42-16(3)4)47-19(8)44-26(36)43-17(5)6/h10-11,15-17,19,21,23-24,37H,7,12-14,30H2,1-6,8-9H3,(H,31,33)/t19?,21?,23-,24+,27+,28+,48?/m0/s1. The first-order chi connectivity index (χ1) is 22.2. The molecule has 1 saturated heterocycles. The van der Waals surface area contributed by atoms with E-state index in [1.807, 2.05) is 0 Å². The Hall–Kier alpha value is -3.32. The maximum absolute atomic E-state index is 15.3. The first kappa shape index (κ1) is 40.9. The third-order valence-electron chi connectivity index (χ3n) is 6.58. The Labute approximate surface area is 277 Å². The van der Waals surface area contributed by atoms with E-state index in [-0.39, 0.29) is 5.82 Å². The van der Waals surface area contributed by atoms with Crippen LogP contribution in [0.3, 0.4) is 0 Å². The van der Waals surface area contributed by atoms with Gasteiger partial charge in [0.25, 0.3) is 5.91 Å².